The number of ether oxygens (including phenoxy) is 2. The van der Waals surface area contributed by atoms with Gasteiger partial charge >= 0.3 is 0 Å². The predicted octanol–water partition coefficient (Wildman–Crippen LogP) is 7.42. The summed E-state index contributed by atoms with van der Waals surface area (Å²) < 4.78 is 13.4. The third-order valence-electron chi connectivity index (χ3n) is 7.99. The minimum Gasteiger partial charge on any atom is -0.488 e. The van der Waals surface area contributed by atoms with E-state index in [4.69, 9.17) is 26.5 Å². The first-order valence-electron chi connectivity index (χ1n) is 14.8. The molecule has 0 saturated heterocycles. The molecular formula is C33H38N4O5S. The van der Waals surface area contributed by atoms with Gasteiger partial charge in [-0.05, 0) is 87.8 Å². The van der Waals surface area contributed by atoms with Crippen LogP contribution < -0.4 is 10.1 Å². The van der Waals surface area contributed by atoms with Crippen LogP contribution >= 0.6 is 12.2 Å². The van der Waals surface area contributed by atoms with E-state index in [1.807, 2.05) is 56.3 Å². The molecule has 1 fully saturated rings. The average Bonchev–Trinajstić information content (AvgIpc) is 3.31. The van der Waals surface area contributed by atoms with Gasteiger partial charge in [-0.2, -0.15) is 0 Å². The fraction of sp³-hybridized carbons (Fsp3) is 0.394. The van der Waals surface area contributed by atoms with Gasteiger partial charge < -0.3 is 24.2 Å². The Morgan fingerprint density at radius 3 is 2.49 bits per heavy atom. The van der Waals surface area contributed by atoms with Gasteiger partial charge in [-0.15, -0.1) is 0 Å². The van der Waals surface area contributed by atoms with Gasteiger partial charge in [0.25, 0.3) is 10.9 Å². The number of nitrogens with one attached hydrogen (secondary N) is 1. The molecule has 5 rings (SSSR count). The number of aryl methyl sites for hydroxylation is 2. The van der Waals surface area contributed by atoms with Crippen LogP contribution in [0.1, 0.15) is 62.6 Å². The second kappa shape index (κ2) is 13.5. The number of aromatic nitrogens is 1. The van der Waals surface area contributed by atoms with Gasteiger partial charge in [0.1, 0.15) is 17.6 Å². The third kappa shape index (κ3) is 6.81. The lowest BCUT2D eigenvalue weighted by Gasteiger charge is -2.22. The van der Waals surface area contributed by atoms with Crippen molar-refractivity contribution in [3.8, 4) is 5.75 Å². The van der Waals surface area contributed by atoms with E-state index < -0.39 is 0 Å². The largest absolute Gasteiger partial charge is 0.488 e. The molecule has 226 valence electrons. The summed E-state index contributed by atoms with van der Waals surface area (Å²) in [5, 5.41) is 21.5. The molecular weight excluding hydrogens is 564 g/mol. The average molecular weight is 603 g/mol. The smallest absolute Gasteiger partial charge is 0.289 e. The molecule has 9 nitrogen and oxygen atoms in total. The first-order valence-corrected chi connectivity index (χ1v) is 15.2. The standard InChI is InChI=1S/C33H38N4O5S/c1-5-36-30-15-11-23(18-28(30)29-19-25(37(38)39)12-16-31(29)36)32(35-42-33(43)34-24-9-7-6-8-10-24)27-14-13-26(17-21(27)2)41-22(3)20-40-4/h11-19,22,24H,5-10,20H2,1-4H3,(H,34,43)/b35-32-. The van der Waals surface area contributed by atoms with E-state index in [1.54, 1.807) is 19.2 Å². The highest BCUT2D eigenvalue weighted by Crippen LogP contribution is 2.33. The molecule has 1 unspecified atom stereocenters. The Hall–Kier alpha value is -4.02. The van der Waals surface area contributed by atoms with Crippen molar-refractivity contribution in [1.82, 2.24) is 9.88 Å². The molecule has 0 bridgehead atoms. The summed E-state index contributed by atoms with van der Waals surface area (Å²) >= 11 is 5.54. The van der Waals surface area contributed by atoms with Gasteiger partial charge in [0.05, 0.1) is 11.5 Å². The molecule has 1 aromatic heterocycles. The van der Waals surface area contributed by atoms with Crippen LogP contribution in [0.3, 0.4) is 0 Å². The van der Waals surface area contributed by atoms with E-state index in [0.29, 0.717) is 18.4 Å². The lowest BCUT2D eigenvalue weighted by atomic mass is 9.96. The van der Waals surface area contributed by atoms with Crippen LogP contribution in [0, 0.1) is 17.0 Å². The van der Waals surface area contributed by atoms with Crippen molar-refractivity contribution < 1.29 is 19.2 Å². The van der Waals surface area contributed by atoms with E-state index in [0.717, 1.165) is 63.6 Å². The van der Waals surface area contributed by atoms with Crippen LogP contribution in [-0.2, 0) is 16.1 Å². The molecule has 4 aromatic rings. The van der Waals surface area contributed by atoms with E-state index >= 15 is 0 Å². The molecule has 1 heterocycles. The minimum atomic E-state index is -0.361. The predicted molar refractivity (Wildman–Crippen MR) is 174 cm³/mol. The summed E-state index contributed by atoms with van der Waals surface area (Å²) in [6.45, 7) is 7.23. The number of rotatable bonds is 10. The highest BCUT2D eigenvalue weighted by molar-refractivity contribution is 7.80. The number of nitro benzene ring substituents is 1. The van der Waals surface area contributed by atoms with Crippen LogP contribution in [0.15, 0.2) is 59.8 Å². The van der Waals surface area contributed by atoms with Gasteiger partial charge in [-0.1, -0.05) is 30.5 Å². The summed E-state index contributed by atoms with van der Waals surface area (Å²) in [5.74, 6) is 0.731. The zero-order chi connectivity index (χ0) is 30.5. The fourth-order valence-electron chi connectivity index (χ4n) is 5.95. The number of non-ortho nitro benzene ring substituents is 1. The number of hydrogen-bond donors (Lipinski definition) is 1. The molecule has 3 aromatic carbocycles. The maximum absolute atomic E-state index is 11.6. The Bertz CT molecular complexity index is 1680. The molecule has 1 atom stereocenters. The van der Waals surface area contributed by atoms with Crippen LogP contribution in [-0.4, -0.2) is 46.2 Å². The number of fused-ring (bicyclic) bond motifs is 3. The maximum atomic E-state index is 11.6. The van der Waals surface area contributed by atoms with Crippen molar-refractivity contribution in [2.75, 3.05) is 13.7 Å². The van der Waals surface area contributed by atoms with Crippen molar-refractivity contribution in [3.63, 3.8) is 0 Å². The van der Waals surface area contributed by atoms with Gasteiger partial charge in [0, 0.05) is 64.8 Å². The summed E-state index contributed by atoms with van der Waals surface area (Å²) in [7, 11) is 1.65. The lowest BCUT2D eigenvalue weighted by molar-refractivity contribution is -0.384. The topological polar surface area (TPSA) is 100 Å². The van der Waals surface area contributed by atoms with Crippen LogP contribution in [0.2, 0.25) is 0 Å². The van der Waals surface area contributed by atoms with E-state index in [1.165, 1.54) is 19.3 Å². The Labute approximate surface area is 256 Å². The summed E-state index contributed by atoms with van der Waals surface area (Å²) in [5.41, 5.74) is 5.20. The number of methoxy groups -OCH3 is 1. The fourth-order valence-corrected chi connectivity index (χ4v) is 6.16. The van der Waals surface area contributed by atoms with Crippen molar-refractivity contribution in [2.45, 2.75) is 71.6 Å². The number of thiocarbonyl (C=S) groups is 1. The second-order valence-electron chi connectivity index (χ2n) is 11.1. The Kier molecular flexibility index (Phi) is 9.57. The summed E-state index contributed by atoms with van der Waals surface area (Å²) in [6, 6.07) is 17.2. The van der Waals surface area contributed by atoms with Crippen molar-refractivity contribution in [2.24, 2.45) is 5.16 Å². The molecule has 10 heteroatoms. The molecule has 0 amide bonds. The SMILES string of the molecule is CCn1c2ccc(/C(=N/OC(=S)NC3CCCCC3)c3ccc(OC(C)COC)cc3C)cc2c2cc([N+](=O)[O-])ccc21. The molecule has 1 N–H and O–H groups in total. The van der Waals surface area contributed by atoms with Gasteiger partial charge in [0.15, 0.2) is 0 Å². The van der Waals surface area contributed by atoms with Crippen molar-refractivity contribution in [3.05, 3.63) is 81.4 Å². The van der Waals surface area contributed by atoms with Crippen molar-refractivity contribution >= 4 is 50.6 Å². The molecule has 1 aliphatic carbocycles. The summed E-state index contributed by atoms with van der Waals surface area (Å²) in [4.78, 5) is 17.1. The highest BCUT2D eigenvalue weighted by atomic mass is 32.1. The van der Waals surface area contributed by atoms with Gasteiger partial charge in [0.2, 0.25) is 0 Å². The van der Waals surface area contributed by atoms with Crippen LogP contribution in [0.4, 0.5) is 5.69 Å². The highest BCUT2D eigenvalue weighted by Gasteiger charge is 2.19. The third-order valence-corrected chi connectivity index (χ3v) is 8.18. The number of oxime groups is 1. The molecule has 1 saturated carbocycles. The Morgan fingerprint density at radius 1 is 1.09 bits per heavy atom. The monoisotopic (exact) mass is 602 g/mol. The molecule has 0 aliphatic heterocycles. The Morgan fingerprint density at radius 2 is 1.81 bits per heavy atom. The first kappa shape index (κ1) is 30.4. The van der Waals surface area contributed by atoms with Gasteiger partial charge in [-0.25, -0.2) is 0 Å². The molecule has 1 aliphatic rings. The number of benzene rings is 3. The number of nitrogens with zero attached hydrogens (tertiary/aromatic N) is 3. The first-order chi connectivity index (χ1) is 20.8. The van der Waals surface area contributed by atoms with E-state index in [2.05, 4.69) is 22.0 Å². The maximum Gasteiger partial charge on any atom is 0.289 e. The summed E-state index contributed by atoms with van der Waals surface area (Å²) in [6.07, 6.45) is 5.62. The normalized spacial score (nSPS) is 15.0. The van der Waals surface area contributed by atoms with Crippen LogP contribution in [0.5, 0.6) is 5.75 Å². The molecule has 43 heavy (non-hydrogen) atoms. The number of hydrogen-bond acceptors (Lipinski definition) is 7. The zero-order valence-electron chi connectivity index (χ0n) is 25.1. The molecule has 0 radical (unpaired) electrons. The number of nitro groups is 1. The zero-order valence-corrected chi connectivity index (χ0v) is 25.9. The van der Waals surface area contributed by atoms with Gasteiger partial charge in [-0.3, -0.25) is 10.1 Å². The van der Waals surface area contributed by atoms with Crippen LogP contribution in [0.25, 0.3) is 21.8 Å². The quantitative estimate of drug-likeness (QED) is 0.0872. The lowest BCUT2D eigenvalue weighted by Crippen LogP contribution is -2.35. The van der Waals surface area contributed by atoms with Crippen molar-refractivity contribution in [1.29, 1.82) is 0 Å². The second-order valence-corrected chi connectivity index (χ2v) is 11.5. The molecule has 0 spiro atoms. The van der Waals surface area contributed by atoms with E-state index in [-0.39, 0.29) is 21.9 Å². The Balaban J connectivity index is 1.57. The minimum absolute atomic E-state index is 0.0542. The van der Waals surface area contributed by atoms with E-state index in [9.17, 15) is 10.1 Å².